The smallest absolute Gasteiger partial charge is 0.0541 e. The van der Waals surface area contributed by atoms with Gasteiger partial charge in [0.15, 0.2) is 0 Å². The monoisotopic (exact) mass is 528 g/mol. The Labute approximate surface area is 241 Å². The van der Waals surface area contributed by atoms with Crippen molar-refractivity contribution in [1.29, 1.82) is 0 Å². The number of anilines is 2. The van der Waals surface area contributed by atoms with E-state index < -0.39 is 0 Å². The first-order valence-electron chi connectivity index (χ1n) is 14.4. The number of fused-ring (bicyclic) bond motifs is 3. The third kappa shape index (κ3) is 4.68. The second-order valence-electron chi connectivity index (χ2n) is 10.6. The van der Waals surface area contributed by atoms with Crippen LogP contribution in [0.25, 0.3) is 49.7 Å². The van der Waals surface area contributed by atoms with Crippen LogP contribution in [-0.4, -0.2) is 4.57 Å². The van der Waals surface area contributed by atoms with E-state index in [2.05, 4.69) is 162 Å². The van der Waals surface area contributed by atoms with Crippen LogP contribution in [0.4, 0.5) is 11.4 Å². The molecule has 0 aliphatic rings. The highest BCUT2D eigenvalue weighted by molar-refractivity contribution is 6.09. The second kappa shape index (κ2) is 10.8. The molecule has 0 spiro atoms. The maximum absolute atomic E-state index is 3.68. The van der Waals surface area contributed by atoms with Crippen molar-refractivity contribution in [2.75, 3.05) is 5.32 Å². The summed E-state index contributed by atoms with van der Waals surface area (Å²) < 4.78 is 2.36. The molecular formula is C39H32N2. The van der Waals surface area contributed by atoms with E-state index >= 15 is 0 Å². The van der Waals surface area contributed by atoms with Gasteiger partial charge in [-0.25, -0.2) is 0 Å². The van der Waals surface area contributed by atoms with E-state index in [1.165, 1.54) is 55.3 Å². The average molecular weight is 529 g/mol. The van der Waals surface area contributed by atoms with Crippen molar-refractivity contribution in [2.24, 2.45) is 0 Å². The summed E-state index contributed by atoms with van der Waals surface area (Å²) in [6.45, 7) is 2.24. The van der Waals surface area contributed by atoms with Crippen molar-refractivity contribution in [3.63, 3.8) is 0 Å². The maximum Gasteiger partial charge on any atom is 0.0541 e. The minimum Gasteiger partial charge on any atom is -0.355 e. The second-order valence-corrected chi connectivity index (χ2v) is 10.6. The first-order chi connectivity index (χ1) is 20.3. The lowest BCUT2D eigenvalue weighted by molar-refractivity contribution is 0.924. The fraction of sp³-hybridized carbons (Fsp3) is 0.0769. The third-order valence-electron chi connectivity index (χ3n) is 7.96. The molecule has 2 nitrogen and oxygen atoms in total. The van der Waals surface area contributed by atoms with E-state index in [1.807, 2.05) is 0 Å². The van der Waals surface area contributed by atoms with Crippen LogP contribution < -0.4 is 5.32 Å². The van der Waals surface area contributed by atoms with E-state index in [0.29, 0.717) is 0 Å². The lowest BCUT2D eigenvalue weighted by Crippen LogP contribution is -1.96. The molecule has 0 aliphatic carbocycles. The Morgan fingerprint density at radius 2 is 1.05 bits per heavy atom. The van der Waals surface area contributed by atoms with Crippen molar-refractivity contribution < 1.29 is 0 Å². The Bertz CT molecular complexity index is 1910. The molecule has 7 rings (SSSR count). The van der Waals surface area contributed by atoms with Gasteiger partial charge >= 0.3 is 0 Å². The highest BCUT2D eigenvalue weighted by atomic mass is 15.0. The van der Waals surface area contributed by atoms with Crippen LogP contribution in [0.5, 0.6) is 0 Å². The van der Waals surface area contributed by atoms with Crippen molar-refractivity contribution in [1.82, 2.24) is 4.57 Å². The largest absolute Gasteiger partial charge is 0.355 e. The van der Waals surface area contributed by atoms with Gasteiger partial charge in [0.05, 0.1) is 11.0 Å². The molecule has 2 heteroatoms. The molecule has 1 aromatic heterocycles. The van der Waals surface area contributed by atoms with Crippen LogP contribution in [0.3, 0.4) is 0 Å². The summed E-state index contributed by atoms with van der Waals surface area (Å²) in [7, 11) is 0. The lowest BCUT2D eigenvalue weighted by atomic mass is 9.95. The van der Waals surface area contributed by atoms with Crippen LogP contribution in [0.1, 0.15) is 18.9 Å². The van der Waals surface area contributed by atoms with E-state index in [0.717, 1.165) is 24.2 Å². The number of hydrogen-bond donors (Lipinski definition) is 1. The van der Waals surface area contributed by atoms with Crippen LogP contribution in [0, 0.1) is 0 Å². The van der Waals surface area contributed by atoms with Gasteiger partial charge in [-0.1, -0.05) is 116 Å². The topological polar surface area (TPSA) is 17.0 Å². The highest BCUT2D eigenvalue weighted by Gasteiger charge is 2.12. The van der Waals surface area contributed by atoms with Crippen molar-refractivity contribution in [3.8, 4) is 27.9 Å². The molecule has 7 aromatic rings. The number of nitrogens with one attached hydrogen (secondary N) is 1. The zero-order valence-electron chi connectivity index (χ0n) is 23.2. The number of benzene rings is 6. The molecule has 1 heterocycles. The van der Waals surface area contributed by atoms with Crippen LogP contribution in [0.2, 0.25) is 0 Å². The maximum atomic E-state index is 3.68. The third-order valence-corrected chi connectivity index (χ3v) is 7.96. The first kappa shape index (κ1) is 24.9. The van der Waals surface area contributed by atoms with E-state index in [1.54, 1.807) is 0 Å². The van der Waals surface area contributed by atoms with E-state index in [4.69, 9.17) is 0 Å². The quantitative estimate of drug-likeness (QED) is 0.218. The number of aromatic nitrogens is 1. The molecule has 0 saturated heterocycles. The molecule has 41 heavy (non-hydrogen) atoms. The molecule has 0 aliphatic heterocycles. The Hall–Kier alpha value is -5.08. The summed E-state index contributed by atoms with van der Waals surface area (Å²) in [5.74, 6) is 0. The van der Waals surface area contributed by atoms with Crippen molar-refractivity contribution in [3.05, 3.63) is 151 Å². The fourth-order valence-corrected chi connectivity index (χ4v) is 6.00. The standard InChI is InChI=1S/C39H32N2/c1-2-11-30-12-3-4-13-33(30)34-14-5-8-17-37(34)40-31-24-20-28(21-25-31)29-22-26-32(27-23-29)41-38-18-9-6-15-35(38)36-16-7-10-19-39(36)41/h3-10,12-27,40H,2,11H2,1H3. The van der Waals surface area contributed by atoms with Crippen molar-refractivity contribution in [2.45, 2.75) is 19.8 Å². The van der Waals surface area contributed by atoms with Gasteiger partial charge in [-0.2, -0.15) is 0 Å². The summed E-state index contributed by atoms with van der Waals surface area (Å²) in [4.78, 5) is 0. The molecule has 0 fully saturated rings. The summed E-state index contributed by atoms with van der Waals surface area (Å²) >= 11 is 0. The summed E-state index contributed by atoms with van der Waals surface area (Å²) in [6, 6.07) is 52.3. The van der Waals surface area contributed by atoms with Crippen LogP contribution in [-0.2, 0) is 6.42 Å². The minimum absolute atomic E-state index is 1.08. The lowest BCUT2D eigenvalue weighted by Gasteiger charge is -2.15. The Morgan fingerprint density at radius 1 is 0.512 bits per heavy atom. The normalized spacial score (nSPS) is 11.2. The van der Waals surface area contributed by atoms with E-state index in [-0.39, 0.29) is 0 Å². The Kier molecular flexibility index (Phi) is 6.58. The van der Waals surface area contributed by atoms with E-state index in [9.17, 15) is 0 Å². The zero-order valence-corrected chi connectivity index (χ0v) is 23.2. The van der Waals surface area contributed by atoms with Gasteiger partial charge in [-0.05, 0) is 71.1 Å². The molecule has 198 valence electrons. The molecule has 0 amide bonds. The van der Waals surface area contributed by atoms with Gasteiger partial charge in [0, 0.05) is 33.4 Å². The van der Waals surface area contributed by atoms with Crippen LogP contribution in [0.15, 0.2) is 146 Å². The predicted octanol–water partition coefficient (Wildman–Crippen LogP) is 10.8. The molecule has 0 bridgehead atoms. The molecule has 6 aromatic carbocycles. The van der Waals surface area contributed by atoms with Gasteiger partial charge in [-0.15, -0.1) is 0 Å². The summed E-state index contributed by atoms with van der Waals surface area (Å²) in [5.41, 5.74) is 12.2. The molecule has 0 atom stereocenters. The molecule has 0 saturated carbocycles. The fourth-order valence-electron chi connectivity index (χ4n) is 6.00. The summed E-state index contributed by atoms with van der Waals surface area (Å²) in [5, 5.41) is 6.24. The number of nitrogens with zero attached hydrogens (tertiary/aromatic N) is 1. The molecule has 0 unspecified atom stereocenters. The minimum atomic E-state index is 1.08. The van der Waals surface area contributed by atoms with Crippen LogP contribution >= 0.6 is 0 Å². The highest BCUT2D eigenvalue weighted by Crippen LogP contribution is 2.35. The Balaban J connectivity index is 1.16. The number of rotatable bonds is 7. The SMILES string of the molecule is CCCc1ccccc1-c1ccccc1Nc1ccc(-c2ccc(-n3c4ccccc4c4ccccc43)cc2)cc1. The molecule has 1 N–H and O–H groups in total. The first-order valence-corrected chi connectivity index (χ1v) is 14.4. The van der Waals surface area contributed by atoms with Gasteiger partial charge < -0.3 is 9.88 Å². The molecular weight excluding hydrogens is 496 g/mol. The zero-order chi connectivity index (χ0) is 27.6. The number of aryl methyl sites for hydroxylation is 1. The Morgan fingerprint density at radius 3 is 1.71 bits per heavy atom. The van der Waals surface area contributed by atoms with Gasteiger partial charge in [0.1, 0.15) is 0 Å². The van der Waals surface area contributed by atoms with Gasteiger partial charge in [0.2, 0.25) is 0 Å². The number of para-hydroxylation sites is 3. The van der Waals surface area contributed by atoms with Gasteiger partial charge in [0.25, 0.3) is 0 Å². The predicted molar refractivity (Wildman–Crippen MR) is 175 cm³/mol. The summed E-state index contributed by atoms with van der Waals surface area (Å²) in [6.07, 6.45) is 2.21. The number of hydrogen-bond acceptors (Lipinski definition) is 1. The van der Waals surface area contributed by atoms with Crippen molar-refractivity contribution >= 4 is 33.2 Å². The molecule has 0 radical (unpaired) electrons. The average Bonchev–Trinajstić information content (AvgIpc) is 3.37. The van der Waals surface area contributed by atoms with Gasteiger partial charge in [-0.3, -0.25) is 0 Å².